The van der Waals surface area contributed by atoms with Crippen molar-refractivity contribution in [1.82, 2.24) is 4.31 Å². The summed E-state index contributed by atoms with van der Waals surface area (Å²) in [5.74, 6) is -0.703. The summed E-state index contributed by atoms with van der Waals surface area (Å²) < 4.78 is 44.3. The highest BCUT2D eigenvalue weighted by molar-refractivity contribution is 7.89. The van der Waals surface area contributed by atoms with E-state index in [1.807, 2.05) is 0 Å². The molecule has 0 heterocycles. The van der Waals surface area contributed by atoms with E-state index >= 15 is 0 Å². The van der Waals surface area contributed by atoms with Crippen molar-refractivity contribution in [3.63, 3.8) is 0 Å². The Balaban J connectivity index is 2.26. The largest absolute Gasteiger partial charge is 0.495 e. The third-order valence-electron chi connectivity index (χ3n) is 3.83. The van der Waals surface area contributed by atoms with Crippen molar-refractivity contribution in [3.8, 4) is 5.75 Å². The van der Waals surface area contributed by atoms with Crippen LogP contribution in [-0.4, -0.2) is 39.8 Å². The van der Waals surface area contributed by atoms with Gasteiger partial charge in [0, 0.05) is 25.9 Å². The number of sulfonamides is 1. The van der Waals surface area contributed by atoms with Crippen LogP contribution in [-0.2, 0) is 14.8 Å². The Bertz CT molecular complexity index is 985. The standard InChI is InChI=1S/C19H21FN2O4S/c1-13-5-8-15(20)12-16(13)21-19(23)10-7-14-6-9-17(26-4)18(11-14)27(24,25)22(2)3/h5-12H,1-4H3,(H,21,23)/b10-7+. The Kier molecular flexibility index (Phi) is 6.35. The first-order chi connectivity index (χ1) is 12.6. The molecular formula is C19H21FN2O4S. The van der Waals surface area contributed by atoms with Crippen LogP contribution in [0, 0.1) is 12.7 Å². The molecule has 0 aliphatic rings. The van der Waals surface area contributed by atoms with Crippen molar-refractivity contribution >= 4 is 27.7 Å². The Hall–Kier alpha value is -2.71. The Morgan fingerprint density at radius 1 is 1.19 bits per heavy atom. The normalized spacial score (nSPS) is 11.8. The van der Waals surface area contributed by atoms with E-state index in [2.05, 4.69) is 5.32 Å². The second-order valence-corrected chi connectivity index (χ2v) is 8.10. The lowest BCUT2D eigenvalue weighted by Gasteiger charge is -2.15. The van der Waals surface area contributed by atoms with Gasteiger partial charge in [0.05, 0.1) is 7.11 Å². The molecule has 0 radical (unpaired) electrons. The number of nitrogens with one attached hydrogen (secondary N) is 1. The zero-order valence-corrected chi connectivity index (χ0v) is 16.3. The molecule has 1 amide bonds. The van der Waals surface area contributed by atoms with E-state index in [-0.39, 0.29) is 10.6 Å². The monoisotopic (exact) mass is 392 g/mol. The van der Waals surface area contributed by atoms with Gasteiger partial charge in [-0.3, -0.25) is 4.79 Å². The molecule has 0 saturated carbocycles. The first kappa shape index (κ1) is 20.6. The van der Waals surface area contributed by atoms with Crippen molar-refractivity contribution < 1.29 is 22.3 Å². The maximum absolute atomic E-state index is 13.3. The summed E-state index contributed by atoms with van der Waals surface area (Å²) in [4.78, 5) is 12.1. The lowest BCUT2D eigenvalue weighted by molar-refractivity contribution is -0.111. The number of ether oxygens (including phenoxy) is 1. The molecule has 0 aromatic heterocycles. The first-order valence-electron chi connectivity index (χ1n) is 8.01. The molecule has 0 atom stereocenters. The molecule has 1 N–H and O–H groups in total. The lowest BCUT2D eigenvalue weighted by Crippen LogP contribution is -2.22. The zero-order chi connectivity index (χ0) is 20.2. The third-order valence-corrected chi connectivity index (χ3v) is 5.67. The lowest BCUT2D eigenvalue weighted by atomic mass is 10.2. The number of halogens is 1. The van der Waals surface area contributed by atoms with Crippen LogP contribution in [0.4, 0.5) is 10.1 Å². The van der Waals surface area contributed by atoms with Crippen LogP contribution in [0.15, 0.2) is 47.4 Å². The number of anilines is 1. The summed E-state index contributed by atoms with van der Waals surface area (Å²) in [5, 5.41) is 2.59. The van der Waals surface area contributed by atoms with Gasteiger partial charge in [0.25, 0.3) is 0 Å². The number of methoxy groups -OCH3 is 1. The van der Waals surface area contributed by atoms with Crippen LogP contribution in [0.2, 0.25) is 0 Å². The van der Waals surface area contributed by atoms with E-state index in [1.54, 1.807) is 19.1 Å². The molecule has 6 nitrogen and oxygen atoms in total. The van der Waals surface area contributed by atoms with Gasteiger partial charge in [0.1, 0.15) is 16.5 Å². The second-order valence-electron chi connectivity index (χ2n) is 5.98. The zero-order valence-electron chi connectivity index (χ0n) is 15.5. The molecular weight excluding hydrogens is 371 g/mol. The van der Waals surface area contributed by atoms with Gasteiger partial charge in [-0.1, -0.05) is 12.1 Å². The van der Waals surface area contributed by atoms with Gasteiger partial charge in [-0.15, -0.1) is 0 Å². The number of hydrogen-bond acceptors (Lipinski definition) is 4. The minimum atomic E-state index is -3.71. The predicted molar refractivity (Wildman–Crippen MR) is 103 cm³/mol. The maximum Gasteiger partial charge on any atom is 0.248 e. The Morgan fingerprint density at radius 2 is 1.89 bits per heavy atom. The van der Waals surface area contributed by atoms with Crippen molar-refractivity contribution in [2.45, 2.75) is 11.8 Å². The molecule has 0 saturated heterocycles. The maximum atomic E-state index is 13.3. The summed E-state index contributed by atoms with van der Waals surface area (Å²) in [6, 6.07) is 8.68. The number of nitrogens with zero attached hydrogens (tertiary/aromatic N) is 1. The topological polar surface area (TPSA) is 75.7 Å². The predicted octanol–water partition coefficient (Wildman–Crippen LogP) is 3.04. The summed E-state index contributed by atoms with van der Waals surface area (Å²) in [5.41, 5.74) is 1.60. The van der Waals surface area contributed by atoms with Crippen LogP contribution in [0.1, 0.15) is 11.1 Å². The number of carbonyl (C=O) groups is 1. The molecule has 27 heavy (non-hydrogen) atoms. The average molecular weight is 392 g/mol. The van der Waals surface area contributed by atoms with Crippen LogP contribution in [0.25, 0.3) is 6.08 Å². The summed E-state index contributed by atoms with van der Waals surface area (Å²) >= 11 is 0. The van der Waals surface area contributed by atoms with E-state index in [0.717, 1.165) is 9.87 Å². The minimum absolute atomic E-state index is 0.00136. The van der Waals surface area contributed by atoms with Crippen molar-refractivity contribution in [2.24, 2.45) is 0 Å². The van der Waals surface area contributed by atoms with Gasteiger partial charge < -0.3 is 10.1 Å². The SMILES string of the molecule is COc1ccc(/C=C/C(=O)Nc2cc(F)ccc2C)cc1S(=O)(=O)N(C)C. The minimum Gasteiger partial charge on any atom is -0.495 e. The van der Waals surface area contributed by atoms with Gasteiger partial charge in [-0.05, 0) is 48.4 Å². The third kappa shape index (κ3) is 4.93. The fraction of sp³-hybridized carbons (Fsp3) is 0.211. The highest BCUT2D eigenvalue weighted by atomic mass is 32.2. The molecule has 0 bridgehead atoms. The van der Waals surface area contributed by atoms with Crippen molar-refractivity contribution in [2.75, 3.05) is 26.5 Å². The molecule has 2 aromatic carbocycles. The quantitative estimate of drug-likeness (QED) is 0.767. The molecule has 2 aromatic rings. The van der Waals surface area contributed by atoms with E-state index in [1.165, 1.54) is 57.6 Å². The molecule has 0 fully saturated rings. The number of rotatable bonds is 6. The fourth-order valence-electron chi connectivity index (χ4n) is 2.27. The van der Waals surface area contributed by atoms with Crippen LogP contribution >= 0.6 is 0 Å². The fourth-order valence-corrected chi connectivity index (χ4v) is 3.35. The van der Waals surface area contributed by atoms with Gasteiger partial charge >= 0.3 is 0 Å². The molecule has 2 rings (SSSR count). The second kappa shape index (κ2) is 8.32. The molecule has 8 heteroatoms. The van der Waals surface area contributed by atoms with Gasteiger partial charge in [0.2, 0.25) is 15.9 Å². The van der Waals surface area contributed by atoms with E-state index in [0.29, 0.717) is 11.3 Å². The molecule has 144 valence electrons. The number of amides is 1. The molecule has 0 aliphatic carbocycles. The number of carbonyl (C=O) groups excluding carboxylic acids is 1. The summed E-state index contributed by atoms with van der Waals surface area (Å²) in [6.07, 6.45) is 2.72. The summed E-state index contributed by atoms with van der Waals surface area (Å²) in [7, 11) is 0.521. The van der Waals surface area contributed by atoms with Crippen molar-refractivity contribution in [3.05, 3.63) is 59.4 Å². The highest BCUT2D eigenvalue weighted by Crippen LogP contribution is 2.27. The first-order valence-corrected chi connectivity index (χ1v) is 9.45. The van der Waals surface area contributed by atoms with E-state index < -0.39 is 21.7 Å². The van der Waals surface area contributed by atoms with E-state index in [4.69, 9.17) is 4.74 Å². The van der Waals surface area contributed by atoms with Crippen molar-refractivity contribution in [1.29, 1.82) is 0 Å². The number of benzene rings is 2. The Morgan fingerprint density at radius 3 is 2.52 bits per heavy atom. The average Bonchev–Trinajstić information content (AvgIpc) is 2.62. The van der Waals surface area contributed by atoms with Crippen LogP contribution in [0.5, 0.6) is 5.75 Å². The Labute approximate surface area is 158 Å². The van der Waals surface area contributed by atoms with Gasteiger partial charge in [-0.25, -0.2) is 17.1 Å². The molecule has 0 unspecified atom stereocenters. The molecule has 0 spiro atoms. The van der Waals surface area contributed by atoms with E-state index in [9.17, 15) is 17.6 Å². The molecule has 0 aliphatic heterocycles. The number of hydrogen-bond donors (Lipinski definition) is 1. The van der Waals surface area contributed by atoms with Gasteiger partial charge in [0.15, 0.2) is 0 Å². The van der Waals surface area contributed by atoms with Crippen LogP contribution < -0.4 is 10.1 Å². The summed E-state index contributed by atoms with van der Waals surface area (Å²) in [6.45, 7) is 1.75. The smallest absolute Gasteiger partial charge is 0.248 e. The van der Waals surface area contributed by atoms with Crippen LogP contribution in [0.3, 0.4) is 0 Å². The highest BCUT2D eigenvalue weighted by Gasteiger charge is 2.22. The van der Waals surface area contributed by atoms with Gasteiger partial charge in [-0.2, -0.15) is 0 Å². The number of aryl methyl sites for hydroxylation is 1.